The second kappa shape index (κ2) is 8.24. The molecule has 2 heterocycles. The number of nitrogens with one attached hydrogen (secondary N) is 1. The summed E-state index contributed by atoms with van der Waals surface area (Å²) in [7, 11) is 0. The molecule has 28 heavy (non-hydrogen) atoms. The summed E-state index contributed by atoms with van der Waals surface area (Å²) in [6.07, 6.45) is 1.64. The Morgan fingerprint density at radius 2 is 2.21 bits per heavy atom. The highest BCUT2D eigenvalue weighted by Crippen LogP contribution is 2.15. The molecule has 0 atom stereocenters. The fourth-order valence-corrected chi connectivity index (χ4v) is 2.93. The number of nitrogens with zero attached hydrogens (tertiary/aromatic N) is 6. The zero-order chi connectivity index (χ0) is 20.3. The lowest BCUT2D eigenvalue weighted by molar-refractivity contribution is -0.384. The smallest absolute Gasteiger partial charge is 0.270 e. The first-order valence-electron chi connectivity index (χ1n) is 8.03. The van der Waals surface area contributed by atoms with Crippen molar-refractivity contribution < 1.29 is 9.72 Å². The second-order valence-corrected chi connectivity index (χ2v) is 6.82. The molecule has 0 aliphatic carbocycles. The Kier molecular flexibility index (Phi) is 5.77. The number of nitrogens with two attached hydrogens (primary N) is 1. The molecule has 0 aliphatic heterocycles. The minimum absolute atomic E-state index is 0.125. The van der Waals surface area contributed by atoms with E-state index in [1.165, 1.54) is 24.3 Å². The van der Waals surface area contributed by atoms with Gasteiger partial charge in [-0.25, -0.2) is 14.6 Å². The number of rotatable bonds is 6. The minimum atomic E-state index is -0.550. The predicted molar refractivity (Wildman–Crippen MR) is 107 cm³/mol. The Balaban J connectivity index is 1.68. The molecule has 3 rings (SSSR count). The van der Waals surface area contributed by atoms with Crippen LogP contribution in [0, 0.1) is 20.7 Å². The van der Waals surface area contributed by atoms with E-state index in [9.17, 15) is 14.9 Å². The molecular weight excluding hydrogens is 479 g/mol. The third-order valence-corrected chi connectivity index (χ3v) is 4.99. The van der Waals surface area contributed by atoms with Crippen molar-refractivity contribution in [1.82, 2.24) is 30.3 Å². The summed E-state index contributed by atoms with van der Waals surface area (Å²) in [5, 5.41) is 21.7. The summed E-state index contributed by atoms with van der Waals surface area (Å²) in [4.78, 5) is 30.8. The van der Waals surface area contributed by atoms with Crippen LogP contribution < -0.4 is 11.1 Å². The van der Waals surface area contributed by atoms with E-state index in [0.717, 1.165) is 3.70 Å². The molecule has 0 saturated carbocycles. The molecule has 0 bridgehead atoms. The maximum Gasteiger partial charge on any atom is 0.270 e. The van der Waals surface area contributed by atoms with Gasteiger partial charge in [-0.2, -0.15) is 0 Å². The zero-order valence-electron chi connectivity index (χ0n) is 14.7. The SMILES string of the molecule is Cc1ncc(Cn2nnc(CNC(=O)c3cccc([N+](=O)[O-])c3)c2I)c(N)n1. The maximum absolute atomic E-state index is 12.3. The molecule has 144 valence electrons. The number of carbonyl (C=O) groups is 1. The summed E-state index contributed by atoms with van der Waals surface area (Å²) >= 11 is 2.07. The molecule has 2 aromatic heterocycles. The highest BCUT2D eigenvalue weighted by molar-refractivity contribution is 14.1. The number of nitro groups is 1. The highest BCUT2D eigenvalue weighted by Gasteiger charge is 2.15. The molecule has 3 N–H and O–H groups in total. The predicted octanol–water partition coefficient (Wildman–Crippen LogP) is 1.45. The molecule has 11 nitrogen and oxygen atoms in total. The first-order valence-corrected chi connectivity index (χ1v) is 9.11. The van der Waals surface area contributed by atoms with Crippen molar-refractivity contribution in [3.63, 3.8) is 0 Å². The molecule has 1 amide bonds. The lowest BCUT2D eigenvalue weighted by atomic mass is 10.2. The second-order valence-electron chi connectivity index (χ2n) is 5.80. The van der Waals surface area contributed by atoms with Gasteiger partial charge >= 0.3 is 0 Å². The fraction of sp³-hybridized carbons (Fsp3) is 0.188. The average Bonchev–Trinajstić information content (AvgIpc) is 3.01. The first kappa shape index (κ1) is 19.6. The number of hydrogen-bond donors (Lipinski definition) is 2. The Bertz CT molecular complexity index is 1050. The number of halogens is 1. The van der Waals surface area contributed by atoms with Gasteiger partial charge in [-0.15, -0.1) is 5.10 Å². The van der Waals surface area contributed by atoms with Gasteiger partial charge in [-0.1, -0.05) is 11.3 Å². The van der Waals surface area contributed by atoms with Crippen LogP contribution in [0.25, 0.3) is 0 Å². The Labute approximate surface area is 172 Å². The van der Waals surface area contributed by atoms with E-state index in [1.54, 1.807) is 17.8 Å². The summed E-state index contributed by atoms with van der Waals surface area (Å²) in [5.41, 5.74) is 7.22. The van der Waals surface area contributed by atoms with Gasteiger partial charge in [0.25, 0.3) is 11.6 Å². The molecule has 0 spiro atoms. The number of aromatic nitrogens is 5. The molecule has 0 radical (unpaired) electrons. The fourth-order valence-electron chi connectivity index (χ4n) is 2.37. The van der Waals surface area contributed by atoms with Crippen LogP contribution in [0.5, 0.6) is 0 Å². The highest BCUT2D eigenvalue weighted by atomic mass is 127. The summed E-state index contributed by atoms with van der Waals surface area (Å²) in [6, 6.07) is 5.51. The third kappa shape index (κ3) is 4.39. The van der Waals surface area contributed by atoms with E-state index < -0.39 is 10.8 Å². The lowest BCUT2D eigenvalue weighted by Gasteiger charge is -2.06. The van der Waals surface area contributed by atoms with Gasteiger partial charge in [0.05, 0.1) is 18.0 Å². The topological polar surface area (TPSA) is 155 Å². The van der Waals surface area contributed by atoms with Crippen molar-refractivity contribution in [3.05, 3.63) is 66.9 Å². The average molecular weight is 494 g/mol. The van der Waals surface area contributed by atoms with Crippen molar-refractivity contribution >= 4 is 40.0 Å². The molecular formula is C16H15IN8O3. The van der Waals surface area contributed by atoms with Gasteiger partial charge in [0.15, 0.2) is 0 Å². The zero-order valence-corrected chi connectivity index (χ0v) is 16.8. The lowest BCUT2D eigenvalue weighted by Crippen LogP contribution is -2.23. The number of non-ortho nitro benzene ring substituents is 1. The monoisotopic (exact) mass is 494 g/mol. The van der Waals surface area contributed by atoms with Gasteiger partial charge < -0.3 is 11.1 Å². The van der Waals surface area contributed by atoms with Crippen LogP contribution in [0.1, 0.15) is 27.4 Å². The molecule has 0 fully saturated rings. The molecule has 12 heteroatoms. The van der Waals surface area contributed by atoms with E-state index >= 15 is 0 Å². The van der Waals surface area contributed by atoms with Crippen molar-refractivity contribution in [1.29, 1.82) is 0 Å². The van der Waals surface area contributed by atoms with E-state index in [4.69, 9.17) is 5.73 Å². The van der Waals surface area contributed by atoms with Crippen LogP contribution in [-0.2, 0) is 13.1 Å². The normalized spacial score (nSPS) is 10.6. The van der Waals surface area contributed by atoms with Gasteiger partial charge in [0.1, 0.15) is 21.0 Å². The van der Waals surface area contributed by atoms with Crippen molar-refractivity contribution in [2.24, 2.45) is 0 Å². The van der Waals surface area contributed by atoms with Gasteiger partial charge in [-0.05, 0) is 35.6 Å². The third-order valence-electron chi connectivity index (χ3n) is 3.81. The van der Waals surface area contributed by atoms with E-state index in [1.807, 2.05) is 0 Å². The standard InChI is InChI=1S/C16H15IN8O3/c1-9-19-6-11(15(18)21-9)8-24-14(17)13(22-23-24)7-20-16(26)10-3-2-4-12(5-10)25(27)28/h2-6H,7-8H2,1H3,(H,20,26)(H2,18,19,21). The largest absolute Gasteiger partial charge is 0.383 e. The number of amides is 1. The van der Waals surface area contributed by atoms with Crippen LogP contribution in [0.2, 0.25) is 0 Å². The molecule has 0 aliphatic rings. The number of nitrogen functional groups attached to an aromatic ring is 1. The van der Waals surface area contributed by atoms with E-state index in [2.05, 4.69) is 48.2 Å². The Morgan fingerprint density at radius 3 is 2.93 bits per heavy atom. The van der Waals surface area contributed by atoms with Crippen molar-refractivity contribution in [3.8, 4) is 0 Å². The Morgan fingerprint density at radius 1 is 1.43 bits per heavy atom. The minimum Gasteiger partial charge on any atom is -0.383 e. The molecule has 3 aromatic rings. The molecule has 0 unspecified atom stereocenters. The van der Waals surface area contributed by atoms with Gasteiger partial charge in [-0.3, -0.25) is 14.9 Å². The summed E-state index contributed by atoms with van der Waals surface area (Å²) in [5.74, 6) is 0.517. The molecule has 1 aromatic carbocycles. The van der Waals surface area contributed by atoms with Crippen LogP contribution >= 0.6 is 22.6 Å². The van der Waals surface area contributed by atoms with Crippen LogP contribution in [0.3, 0.4) is 0 Å². The van der Waals surface area contributed by atoms with Gasteiger partial charge in [0, 0.05) is 29.5 Å². The van der Waals surface area contributed by atoms with E-state index in [0.29, 0.717) is 29.4 Å². The number of nitro benzene ring substituents is 1. The van der Waals surface area contributed by atoms with Gasteiger partial charge in [0.2, 0.25) is 0 Å². The maximum atomic E-state index is 12.3. The molecule has 0 saturated heterocycles. The number of aryl methyl sites for hydroxylation is 1. The van der Waals surface area contributed by atoms with Crippen LogP contribution in [0.15, 0.2) is 30.5 Å². The van der Waals surface area contributed by atoms with Crippen molar-refractivity contribution in [2.75, 3.05) is 5.73 Å². The van der Waals surface area contributed by atoms with Crippen LogP contribution in [-0.4, -0.2) is 35.8 Å². The first-order chi connectivity index (χ1) is 13.3. The van der Waals surface area contributed by atoms with Crippen molar-refractivity contribution in [2.45, 2.75) is 20.0 Å². The summed E-state index contributed by atoms with van der Waals surface area (Å²) < 4.78 is 2.34. The quantitative estimate of drug-likeness (QED) is 0.297. The number of hydrogen-bond acceptors (Lipinski definition) is 8. The van der Waals surface area contributed by atoms with E-state index in [-0.39, 0.29) is 17.8 Å². The summed E-state index contributed by atoms with van der Waals surface area (Å²) in [6.45, 7) is 2.22. The Hall–Kier alpha value is -3.16. The number of carbonyl (C=O) groups excluding carboxylic acids is 1. The van der Waals surface area contributed by atoms with Crippen LogP contribution in [0.4, 0.5) is 11.5 Å². The number of benzene rings is 1. The number of anilines is 1.